The van der Waals surface area contributed by atoms with Crippen molar-refractivity contribution < 1.29 is 4.79 Å². The SMILES string of the molecule is CCCCc1ccc(N2C(=O)c3ccccc3N[C@H]2c2ccc(Br)cc2)cc1. The lowest BCUT2D eigenvalue weighted by Gasteiger charge is -2.38. The van der Waals surface area contributed by atoms with Gasteiger partial charge in [-0.05, 0) is 60.4 Å². The molecule has 1 N–H and O–H groups in total. The highest BCUT2D eigenvalue weighted by Crippen LogP contribution is 2.37. The number of nitrogens with one attached hydrogen (secondary N) is 1. The number of carbonyl (C=O) groups is 1. The van der Waals surface area contributed by atoms with Crippen molar-refractivity contribution in [2.45, 2.75) is 32.4 Å². The summed E-state index contributed by atoms with van der Waals surface area (Å²) in [5, 5.41) is 3.55. The van der Waals surface area contributed by atoms with Crippen LogP contribution in [-0.4, -0.2) is 5.91 Å². The van der Waals surface area contributed by atoms with Gasteiger partial charge >= 0.3 is 0 Å². The van der Waals surface area contributed by atoms with Crippen LogP contribution in [0.25, 0.3) is 0 Å². The topological polar surface area (TPSA) is 32.3 Å². The summed E-state index contributed by atoms with van der Waals surface area (Å²) < 4.78 is 1.02. The molecule has 0 unspecified atom stereocenters. The Morgan fingerprint density at radius 2 is 1.68 bits per heavy atom. The smallest absolute Gasteiger partial charge is 0.262 e. The molecule has 0 saturated heterocycles. The molecule has 0 aliphatic carbocycles. The number of carbonyl (C=O) groups excluding carboxylic acids is 1. The minimum absolute atomic E-state index is 0.0172. The Balaban J connectivity index is 1.74. The van der Waals surface area contributed by atoms with E-state index in [4.69, 9.17) is 0 Å². The average Bonchev–Trinajstić information content (AvgIpc) is 2.73. The molecule has 1 aliphatic rings. The lowest BCUT2D eigenvalue weighted by atomic mass is 10.0. The van der Waals surface area contributed by atoms with Crippen LogP contribution < -0.4 is 10.2 Å². The standard InChI is InChI=1S/C24H23BrN2O/c1-2-3-6-17-9-15-20(16-10-17)27-23(18-11-13-19(25)14-12-18)26-22-8-5-4-7-21(22)24(27)28/h4-5,7-16,23,26H,2-3,6H2,1H3/t23-/m1/s1. The molecule has 4 rings (SSSR count). The molecule has 1 atom stereocenters. The molecular weight excluding hydrogens is 412 g/mol. The molecule has 0 bridgehead atoms. The minimum atomic E-state index is -0.253. The molecule has 0 spiro atoms. The molecule has 0 saturated carbocycles. The summed E-state index contributed by atoms with van der Waals surface area (Å²) in [5.74, 6) is 0.0172. The van der Waals surface area contributed by atoms with E-state index in [1.165, 1.54) is 18.4 Å². The first kappa shape index (κ1) is 18.8. The minimum Gasteiger partial charge on any atom is -0.360 e. The maximum atomic E-state index is 13.4. The van der Waals surface area contributed by atoms with Crippen LogP contribution >= 0.6 is 15.9 Å². The number of unbranched alkanes of at least 4 members (excludes halogenated alkanes) is 1. The first-order valence-corrected chi connectivity index (χ1v) is 10.5. The Morgan fingerprint density at radius 3 is 2.39 bits per heavy atom. The number of benzene rings is 3. The second-order valence-corrected chi connectivity index (χ2v) is 8.00. The van der Waals surface area contributed by atoms with Crippen LogP contribution in [0.15, 0.2) is 77.3 Å². The van der Waals surface area contributed by atoms with Crippen molar-refractivity contribution in [2.75, 3.05) is 10.2 Å². The zero-order valence-corrected chi connectivity index (χ0v) is 17.4. The summed E-state index contributed by atoms with van der Waals surface area (Å²) in [4.78, 5) is 15.3. The summed E-state index contributed by atoms with van der Waals surface area (Å²) >= 11 is 3.49. The Hall–Kier alpha value is -2.59. The van der Waals surface area contributed by atoms with Crippen molar-refractivity contribution in [1.82, 2.24) is 0 Å². The first-order valence-electron chi connectivity index (χ1n) is 9.71. The zero-order chi connectivity index (χ0) is 19.5. The Labute approximate surface area is 174 Å². The second kappa shape index (κ2) is 8.19. The van der Waals surface area contributed by atoms with Crippen molar-refractivity contribution >= 4 is 33.2 Å². The lowest BCUT2D eigenvalue weighted by Crippen LogP contribution is -2.43. The van der Waals surface area contributed by atoms with E-state index in [1.54, 1.807) is 0 Å². The van der Waals surface area contributed by atoms with Crippen LogP contribution in [0.4, 0.5) is 11.4 Å². The number of amides is 1. The summed E-state index contributed by atoms with van der Waals surface area (Å²) in [5.41, 5.74) is 4.83. The van der Waals surface area contributed by atoms with Gasteiger partial charge in [-0.2, -0.15) is 0 Å². The largest absolute Gasteiger partial charge is 0.360 e. The summed E-state index contributed by atoms with van der Waals surface area (Å²) in [6, 6.07) is 24.2. The van der Waals surface area contributed by atoms with Crippen molar-refractivity contribution in [3.05, 3.63) is 94.0 Å². The van der Waals surface area contributed by atoms with Crippen molar-refractivity contribution in [3.63, 3.8) is 0 Å². The summed E-state index contributed by atoms with van der Waals surface area (Å²) in [6.07, 6.45) is 3.18. The molecule has 1 amide bonds. The van der Waals surface area contributed by atoms with Gasteiger partial charge in [0.2, 0.25) is 0 Å². The molecule has 3 aromatic rings. The highest BCUT2D eigenvalue weighted by molar-refractivity contribution is 9.10. The van der Waals surface area contributed by atoms with E-state index in [9.17, 15) is 4.79 Å². The molecule has 28 heavy (non-hydrogen) atoms. The molecule has 1 heterocycles. The van der Waals surface area contributed by atoms with Crippen molar-refractivity contribution in [1.29, 1.82) is 0 Å². The molecule has 3 nitrogen and oxygen atoms in total. The fraction of sp³-hybridized carbons (Fsp3) is 0.208. The zero-order valence-electron chi connectivity index (χ0n) is 15.9. The average molecular weight is 435 g/mol. The fourth-order valence-corrected chi connectivity index (χ4v) is 3.87. The van der Waals surface area contributed by atoms with E-state index in [0.29, 0.717) is 5.56 Å². The van der Waals surface area contributed by atoms with Gasteiger partial charge in [-0.15, -0.1) is 0 Å². The molecular formula is C24H23BrN2O. The Kier molecular flexibility index (Phi) is 5.49. The predicted octanol–water partition coefficient (Wildman–Crippen LogP) is 6.56. The number of rotatable bonds is 5. The van der Waals surface area contributed by atoms with Gasteiger partial charge in [0.25, 0.3) is 5.91 Å². The number of nitrogens with zero attached hydrogens (tertiary/aromatic N) is 1. The summed E-state index contributed by atoms with van der Waals surface area (Å²) in [6.45, 7) is 2.20. The number of hydrogen-bond donors (Lipinski definition) is 1. The summed E-state index contributed by atoms with van der Waals surface area (Å²) in [7, 11) is 0. The van der Waals surface area contributed by atoms with E-state index in [0.717, 1.165) is 27.8 Å². The van der Waals surface area contributed by atoms with E-state index in [2.05, 4.69) is 52.4 Å². The van der Waals surface area contributed by atoms with E-state index in [1.807, 2.05) is 53.4 Å². The number of aryl methyl sites for hydroxylation is 1. The lowest BCUT2D eigenvalue weighted by molar-refractivity contribution is 0.0975. The van der Waals surface area contributed by atoms with Gasteiger partial charge in [-0.1, -0.05) is 65.7 Å². The van der Waals surface area contributed by atoms with Crippen LogP contribution in [-0.2, 0) is 6.42 Å². The number of anilines is 2. The van der Waals surface area contributed by atoms with Crippen LogP contribution in [0.3, 0.4) is 0 Å². The second-order valence-electron chi connectivity index (χ2n) is 7.09. The maximum Gasteiger partial charge on any atom is 0.262 e. The molecule has 142 valence electrons. The van der Waals surface area contributed by atoms with Gasteiger partial charge in [0.1, 0.15) is 6.17 Å². The molecule has 3 aromatic carbocycles. The molecule has 0 radical (unpaired) electrons. The fourth-order valence-electron chi connectivity index (χ4n) is 3.60. The number of fused-ring (bicyclic) bond motifs is 1. The number of halogens is 1. The van der Waals surface area contributed by atoms with Gasteiger partial charge in [0.05, 0.1) is 5.56 Å². The van der Waals surface area contributed by atoms with Crippen LogP contribution in [0.5, 0.6) is 0 Å². The highest BCUT2D eigenvalue weighted by atomic mass is 79.9. The number of hydrogen-bond acceptors (Lipinski definition) is 2. The van der Waals surface area contributed by atoms with E-state index in [-0.39, 0.29) is 12.1 Å². The molecule has 0 fully saturated rings. The van der Waals surface area contributed by atoms with E-state index < -0.39 is 0 Å². The van der Waals surface area contributed by atoms with Gasteiger partial charge in [0.15, 0.2) is 0 Å². The molecule has 1 aliphatic heterocycles. The normalized spacial score (nSPS) is 15.9. The van der Waals surface area contributed by atoms with Gasteiger partial charge in [-0.3, -0.25) is 9.69 Å². The van der Waals surface area contributed by atoms with Crippen LogP contribution in [0, 0.1) is 0 Å². The molecule has 0 aromatic heterocycles. The maximum absolute atomic E-state index is 13.4. The van der Waals surface area contributed by atoms with Gasteiger partial charge in [0, 0.05) is 15.8 Å². The van der Waals surface area contributed by atoms with Crippen molar-refractivity contribution in [3.8, 4) is 0 Å². The Bertz CT molecular complexity index is 967. The third-order valence-corrected chi connectivity index (χ3v) is 5.67. The third kappa shape index (κ3) is 3.69. The van der Waals surface area contributed by atoms with Crippen LogP contribution in [0.1, 0.15) is 47.4 Å². The molecule has 4 heteroatoms. The van der Waals surface area contributed by atoms with E-state index >= 15 is 0 Å². The Morgan fingerprint density at radius 1 is 0.964 bits per heavy atom. The third-order valence-electron chi connectivity index (χ3n) is 5.15. The first-order chi connectivity index (χ1) is 13.7. The van der Waals surface area contributed by atoms with Crippen molar-refractivity contribution in [2.24, 2.45) is 0 Å². The van der Waals surface area contributed by atoms with Gasteiger partial charge in [-0.25, -0.2) is 0 Å². The number of para-hydroxylation sites is 1. The predicted molar refractivity (Wildman–Crippen MR) is 119 cm³/mol. The van der Waals surface area contributed by atoms with Crippen LogP contribution in [0.2, 0.25) is 0 Å². The van der Waals surface area contributed by atoms with Gasteiger partial charge < -0.3 is 5.32 Å². The highest BCUT2D eigenvalue weighted by Gasteiger charge is 2.33. The monoisotopic (exact) mass is 434 g/mol. The quantitative estimate of drug-likeness (QED) is 0.492.